The van der Waals surface area contributed by atoms with Gasteiger partial charge in [-0.1, -0.05) is 32.0 Å². The minimum absolute atomic E-state index is 0.0217. The van der Waals surface area contributed by atoms with E-state index in [1.54, 1.807) is 0 Å². The molecule has 5 rings (SSSR count). The fourth-order valence-electron chi connectivity index (χ4n) is 4.40. The highest BCUT2D eigenvalue weighted by molar-refractivity contribution is 6.03. The number of hydrogen-bond acceptors (Lipinski definition) is 7. The molecule has 1 unspecified atom stereocenters. The summed E-state index contributed by atoms with van der Waals surface area (Å²) in [5.74, 6) is 2.01. The van der Waals surface area contributed by atoms with Gasteiger partial charge in [-0.2, -0.15) is 4.98 Å². The van der Waals surface area contributed by atoms with Gasteiger partial charge in [-0.05, 0) is 55.2 Å². The van der Waals surface area contributed by atoms with Crippen molar-refractivity contribution in [3.63, 3.8) is 0 Å². The van der Waals surface area contributed by atoms with Gasteiger partial charge in [0.1, 0.15) is 17.2 Å². The number of oxazole rings is 1. The lowest BCUT2D eigenvalue weighted by Gasteiger charge is -2.36. The molecule has 1 aliphatic rings. The fourth-order valence-corrected chi connectivity index (χ4v) is 4.40. The zero-order valence-electron chi connectivity index (χ0n) is 20.0. The fraction of sp³-hybridized carbons (Fsp3) is 0.308. The molecule has 8 heteroatoms. The molecular formula is C26H28N6O2. The lowest BCUT2D eigenvalue weighted by Crippen LogP contribution is -2.49. The van der Waals surface area contributed by atoms with Crippen LogP contribution in [0.4, 0.5) is 17.5 Å². The molecule has 0 saturated heterocycles. The van der Waals surface area contributed by atoms with Crippen LogP contribution in [0.15, 0.2) is 46.9 Å². The van der Waals surface area contributed by atoms with Crippen molar-refractivity contribution >= 4 is 34.5 Å². The van der Waals surface area contributed by atoms with Crippen LogP contribution in [0, 0.1) is 19.8 Å². The monoisotopic (exact) mass is 456 g/mol. The lowest BCUT2D eigenvalue weighted by molar-refractivity contribution is -0.118. The van der Waals surface area contributed by atoms with Gasteiger partial charge in [0.2, 0.25) is 17.7 Å². The topological polar surface area (TPSA) is 96.2 Å². The van der Waals surface area contributed by atoms with Crippen LogP contribution >= 0.6 is 0 Å². The summed E-state index contributed by atoms with van der Waals surface area (Å²) in [5.41, 5.74) is 6.21. The van der Waals surface area contributed by atoms with Crippen LogP contribution in [-0.2, 0) is 11.3 Å². The molecule has 8 nitrogen and oxygen atoms in total. The Morgan fingerprint density at radius 3 is 2.59 bits per heavy atom. The Kier molecular flexibility index (Phi) is 5.43. The van der Waals surface area contributed by atoms with Crippen molar-refractivity contribution in [1.29, 1.82) is 0 Å². The first kappa shape index (κ1) is 21.9. The maximum Gasteiger partial charge on any atom is 0.247 e. The number of fused-ring (bicyclic) bond motifs is 2. The summed E-state index contributed by atoms with van der Waals surface area (Å²) < 4.78 is 5.91. The van der Waals surface area contributed by atoms with Crippen molar-refractivity contribution in [3.05, 3.63) is 59.3 Å². The molecule has 0 fully saturated rings. The number of anilines is 3. The smallest absolute Gasteiger partial charge is 0.247 e. The average Bonchev–Trinajstić information content (AvgIpc) is 3.22. The Bertz CT molecular complexity index is 1380. The lowest BCUT2D eigenvalue weighted by atomic mass is 9.99. The molecule has 2 aromatic heterocycles. The first-order chi connectivity index (χ1) is 16.3. The second-order valence-electron chi connectivity index (χ2n) is 9.16. The summed E-state index contributed by atoms with van der Waals surface area (Å²) in [7, 11) is 1.91. The number of amides is 1. The zero-order chi connectivity index (χ0) is 24.0. The van der Waals surface area contributed by atoms with Gasteiger partial charge in [0.25, 0.3) is 0 Å². The molecule has 174 valence electrons. The second-order valence-corrected chi connectivity index (χ2v) is 9.16. The first-order valence-electron chi connectivity index (χ1n) is 11.4. The van der Waals surface area contributed by atoms with Gasteiger partial charge in [0.05, 0.1) is 5.69 Å². The van der Waals surface area contributed by atoms with E-state index in [1.165, 1.54) is 0 Å². The van der Waals surface area contributed by atoms with Crippen molar-refractivity contribution in [2.45, 2.75) is 40.3 Å². The van der Waals surface area contributed by atoms with Gasteiger partial charge in [0, 0.05) is 19.2 Å². The van der Waals surface area contributed by atoms with Gasteiger partial charge in [-0.25, -0.2) is 9.97 Å². The normalized spacial score (nSPS) is 15.5. The third-order valence-corrected chi connectivity index (χ3v) is 6.17. The molecule has 0 bridgehead atoms. The number of nitrogens with one attached hydrogen (secondary N) is 2. The predicted octanol–water partition coefficient (Wildman–Crippen LogP) is 4.93. The summed E-state index contributed by atoms with van der Waals surface area (Å²) in [6.07, 6.45) is 0. The number of aromatic nitrogens is 3. The van der Waals surface area contributed by atoms with E-state index in [0.717, 1.165) is 39.3 Å². The molecule has 1 aliphatic heterocycles. The van der Waals surface area contributed by atoms with Crippen LogP contribution < -0.4 is 15.5 Å². The van der Waals surface area contributed by atoms with E-state index < -0.39 is 0 Å². The Morgan fingerprint density at radius 2 is 1.85 bits per heavy atom. The minimum atomic E-state index is -0.266. The zero-order valence-corrected chi connectivity index (χ0v) is 20.0. The Balaban J connectivity index is 1.32. The van der Waals surface area contributed by atoms with Crippen molar-refractivity contribution < 1.29 is 9.21 Å². The SMILES string of the molecule is Cc1ccc2oc(-c3ccc(CNc4nc(C)c5c(n4)N(C)C(C(C)C)C(=O)N5)cc3)nc2c1. The largest absolute Gasteiger partial charge is 0.436 e. The summed E-state index contributed by atoms with van der Waals surface area (Å²) >= 11 is 0. The molecule has 0 aliphatic carbocycles. The van der Waals surface area contributed by atoms with Crippen LogP contribution in [0.1, 0.15) is 30.7 Å². The molecule has 3 heterocycles. The van der Waals surface area contributed by atoms with Crippen LogP contribution in [0.5, 0.6) is 0 Å². The van der Waals surface area contributed by atoms with Gasteiger partial charge in [-0.3, -0.25) is 4.79 Å². The number of hydrogen-bond donors (Lipinski definition) is 2. The molecule has 0 radical (unpaired) electrons. The maximum atomic E-state index is 12.5. The second kappa shape index (κ2) is 8.44. The van der Waals surface area contributed by atoms with Crippen LogP contribution in [0.2, 0.25) is 0 Å². The molecule has 4 aromatic rings. The maximum absolute atomic E-state index is 12.5. The number of carbonyl (C=O) groups is 1. The highest BCUT2D eigenvalue weighted by Crippen LogP contribution is 2.34. The third-order valence-electron chi connectivity index (χ3n) is 6.17. The van der Waals surface area contributed by atoms with Crippen molar-refractivity contribution in [2.24, 2.45) is 5.92 Å². The van der Waals surface area contributed by atoms with Crippen molar-refractivity contribution in [1.82, 2.24) is 15.0 Å². The number of carbonyl (C=O) groups excluding carboxylic acids is 1. The minimum Gasteiger partial charge on any atom is -0.436 e. The van der Waals surface area contributed by atoms with Gasteiger partial charge < -0.3 is 20.0 Å². The molecule has 2 N–H and O–H groups in total. The van der Waals surface area contributed by atoms with E-state index >= 15 is 0 Å². The molecular weight excluding hydrogens is 428 g/mol. The average molecular weight is 457 g/mol. The molecule has 0 saturated carbocycles. The highest BCUT2D eigenvalue weighted by Gasteiger charge is 2.35. The summed E-state index contributed by atoms with van der Waals surface area (Å²) in [6, 6.07) is 13.8. The molecule has 0 spiro atoms. The number of nitrogens with zero attached hydrogens (tertiary/aromatic N) is 4. The van der Waals surface area contributed by atoms with Gasteiger partial charge >= 0.3 is 0 Å². The van der Waals surface area contributed by atoms with E-state index in [1.807, 2.05) is 82.1 Å². The summed E-state index contributed by atoms with van der Waals surface area (Å²) in [6.45, 7) is 8.55. The molecule has 2 aromatic carbocycles. The van der Waals surface area contributed by atoms with Crippen LogP contribution in [0.25, 0.3) is 22.6 Å². The first-order valence-corrected chi connectivity index (χ1v) is 11.4. The van der Waals surface area contributed by atoms with Crippen molar-refractivity contribution in [3.8, 4) is 11.5 Å². The van der Waals surface area contributed by atoms with E-state index in [9.17, 15) is 4.79 Å². The highest BCUT2D eigenvalue weighted by atomic mass is 16.3. The van der Waals surface area contributed by atoms with E-state index in [-0.39, 0.29) is 17.9 Å². The Hall–Kier alpha value is -3.94. The summed E-state index contributed by atoms with van der Waals surface area (Å²) in [5, 5.41) is 6.29. The Morgan fingerprint density at radius 1 is 1.09 bits per heavy atom. The van der Waals surface area contributed by atoms with Crippen molar-refractivity contribution in [2.75, 3.05) is 22.6 Å². The molecule has 1 atom stereocenters. The summed E-state index contributed by atoms with van der Waals surface area (Å²) in [4.78, 5) is 28.3. The number of likely N-dealkylation sites (N-methyl/N-ethyl adjacent to an activating group) is 1. The number of aryl methyl sites for hydroxylation is 2. The van der Waals surface area contributed by atoms with E-state index in [2.05, 4.69) is 20.6 Å². The van der Waals surface area contributed by atoms with Gasteiger partial charge in [-0.15, -0.1) is 0 Å². The standard InChI is InChI=1S/C26H28N6O2/c1-14(2)22-24(33)30-21-16(4)28-26(31-23(21)32(22)5)27-13-17-7-9-18(10-8-17)25-29-19-12-15(3)6-11-20(19)34-25/h6-12,14,22H,13H2,1-5H3,(H,30,33)(H,27,28,31). The Labute approximate surface area is 198 Å². The van der Waals surface area contributed by atoms with Gasteiger partial charge in [0.15, 0.2) is 11.4 Å². The molecule has 34 heavy (non-hydrogen) atoms. The third kappa shape index (κ3) is 3.96. The number of rotatable bonds is 5. The molecule has 1 amide bonds. The quantitative estimate of drug-likeness (QED) is 0.440. The number of benzene rings is 2. The van der Waals surface area contributed by atoms with Crippen LogP contribution in [0.3, 0.4) is 0 Å². The van der Waals surface area contributed by atoms with E-state index in [0.29, 0.717) is 24.1 Å². The predicted molar refractivity (Wildman–Crippen MR) is 134 cm³/mol. The van der Waals surface area contributed by atoms with Crippen LogP contribution in [-0.4, -0.2) is 33.9 Å². The van der Waals surface area contributed by atoms with E-state index in [4.69, 9.17) is 9.40 Å².